The van der Waals surface area contributed by atoms with Crippen molar-refractivity contribution in [2.24, 2.45) is 0 Å². The summed E-state index contributed by atoms with van der Waals surface area (Å²) >= 11 is 0. The van der Waals surface area contributed by atoms with E-state index in [1.165, 1.54) is 24.3 Å². The lowest BCUT2D eigenvalue weighted by molar-refractivity contribution is -0.121. The van der Waals surface area contributed by atoms with Gasteiger partial charge < -0.3 is 5.32 Å². The Morgan fingerprint density at radius 1 is 1.32 bits per heavy atom. The number of hydrogen-bond acceptors (Lipinski definition) is 5. The zero-order chi connectivity index (χ0) is 18.7. The van der Waals surface area contributed by atoms with Crippen LogP contribution in [-0.4, -0.2) is 57.7 Å². The monoisotopic (exact) mass is 392 g/mol. The van der Waals surface area contributed by atoms with Crippen LogP contribution in [0.1, 0.15) is 18.9 Å². The number of hydrogen-bond donors (Lipinski definition) is 1. The summed E-state index contributed by atoms with van der Waals surface area (Å²) in [7, 11) is -6.88. The molecule has 7 nitrogen and oxygen atoms in total. The smallest absolute Gasteiger partial charge is 0.235 e. The van der Waals surface area contributed by atoms with Gasteiger partial charge in [0, 0.05) is 12.6 Å². The summed E-state index contributed by atoms with van der Waals surface area (Å²) < 4.78 is 61.6. The zero-order valence-corrected chi connectivity index (χ0v) is 15.4. The Balaban J connectivity index is 1.97. The zero-order valence-electron chi connectivity index (χ0n) is 13.8. The summed E-state index contributed by atoms with van der Waals surface area (Å²) in [6.07, 6.45) is 0.336. The Morgan fingerprint density at radius 3 is 2.48 bits per heavy atom. The average molecular weight is 392 g/mol. The molecule has 1 N–H and O–H groups in total. The molecule has 1 aliphatic heterocycles. The lowest BCUT2D eigenvalue weighted by atomic mass is 10.2. The molecule has 1 heterocycles. The van der Waals surface area contributed by atoms with Crippen LogP contribution in [0.4, 0.5) is 4.39 Å². The second-order valence-electron chi connectivity index (χ2n) is 5.98. The lowest BCUT2D eigenvalue weighted by Gasteiger charge is -2.21. The molecule has 0 radical (unpaired) electrons. The fourth-order valence-electron chi connectivity index (χ4n) is 2.63. The number of amides is 1. The van der Waals surface area contributed by atoms with Gasteiger partial charge >= 0.3 is 0 Å². The van der Waals surface area contributed by atoms with Gasteiger partial charge in [0.05, 0.1) is 23.8 Å². The van der Waals surface area contributed by atoms with Crippen LogP contribution in [-0.2, 0) is 30.4 Å². The Hall–Kier alpha value is -1.52. The van der Waals surface area contributed by atoms with Crippen molar-refractivity contribution in [2.45, 2.75) is 25.1 Å². The van der Waals surface area contributed by atoms with Crippen LogP contribution in [0.3, 0.4) is 0 Å². The van der Waals surface area contributed by atoms with E-state index in [0.29, 0.717) is 12.0 Å². The first kappa shape index (κ1) is 19.8. The third kappa shape index (κ3) is 5.75. The van der Waals surface area contributed by atoms with Crippen LogP contribution in [0.2, 0.25) is 0 Å². The first-order valence-electron chi connectivity index (χ1n) is 7.83. The molecule has 1 atom stereocenters. The largest absolute Gasteiger partial charge is 0.351 e. The van der Waals surface area contributed by atoms with Gasteiger partial charge in [0.25, 0.3) is 0 Å². The molecular weight excluding hydrogens is 371 g/mol. The van der Waals surface area contributed by atoms with Crippen molar-refractivity contribution in [1.29, 1.82) is 0 Å². The van der Waals surface area contributed by atoms with Crippen molar-refractivity contribution in [3.8, 4) is 0 Å². The molecule has 1 aromatic carbocycles. The number of nitrogens with zero attached hydrogens (tertiary/aromatic N) is 1. The molecule has 0 aliphatic carbocycles. The summed E-state index contributed by atoms with van der Waals surface area (Å²) in [5, 5.41) is 2.57. The molecule has 140 valence electrons. The molecule has 0 unspecified atom stereocenters. The molecule has 10 heteroatoms. The third-order valence-electron chi connectivity index (χ3n) is 3.93. The minimum atomic E-state index is -3.76. The van der Waals surface area contributed by atoms with Crippen LogP contribution in [0.15, 0.2) is 24.3 Å². The Bertz CT molecular complexity index is 822. The van der Waals surface area contributed by atoms with Crippen LogP contribution in [0.5, 0.6) is 0 Å². The minimum Gasteiger partial charge on any atom is -0.351 e. The normalized spacial score (nSPS) is 19.9. The van der Waals surface area contributed by atoms with E-state index in [2.05, 4.69) is 5.32 Å². The molecule has 1 aromatic rings. The SMILES string of the molecule is CCN(CC(=O)N[C@@H]1CCS(=O)(=O)C1)S(=O)(=O)Cc1ccc(F)cc1. The third-order valence-corrected chi connectivity index (χ3v) is 7.57. The fraction of sp³-hybridized carbons (Fsp3) is 0.533. The number of likely N-dealkylation sites (N-methyl/N-ethyl adjacent to an activating group) is 1. The summed E-state index contributed by atoms with van der Waals surface area (Å²) in [4.78, 5) is 12.1. The van der Waals surface area contributed by atoms with Gasteiger partial charge in [-0.1, -0.05) is 19.1 Å². The van der Waals surface area contributed by atoms with Crippen molar-refractivity contribution < 1.29 is 26.0 Å². The Labute approximate surface area is 147 Å². The van der Waals surface area contributed by atoms with E-state index >= 15 is 0 Å². The van der Waals surface area contributed by atoms with Gasteiger partial charge in [-0.25, -0.2) is 21.2 Å². The topological polar surface area (TPSA) is 101 Å². The molecule has 0 saturated carbocycles. The van der Waals surface area contributed by atoms with Gasteiger partial charge in [0.15, 0.2) is 9.84 Å². The van der Waals surface area contributed by atoms with E-state index in [1.54, 1.807) is 6.92 Å². The van der Waals surface area contributed by atoms with Gasteiger partial charge in [-0.2, -0.15) is 4.31 Å². The number of sulfonamides is 1. The maximum Gasteiger partial charge on any atom is 0.235 e. The van der Waals surface area contributed by atoms with Gasteiger partial charge in [0.2, 0.25) is 15.9 Å². The van der Waals surface area contributed by atoms with Crippen LogP contribution >= 0.6 is 0 Å². The highest BCUT2D eigenvalue weighted by atomic mass is 32.2. The highest BCUT2D eigenvalue weighted by molar-refractivity contribution is 7.91. The predicted octanol–water partition coefficient (Wildman–Crippen LogP) is 0.281. The molecular formula is C15H21FN2O5S2. The molecule has 1 aliphatic rings. The van der Waals surface area contributed by atoms with E-state index in [-0.39, 0.29) is 30.3 Å². The number of nitrogens with one attached hydrogen (secondary N) is 1. The first-order valence-corrected chi connectivity index (χ1v) is 11.3. The average Bonchev–Trinajstić information content (AvgIpc) is 2.85. The second kappa shape index (κ2) is 7.79. The molecule has 2 rings (SSSR count). The number of carbonyl (C=O) groups excluding carboxylic acids is 1. The molecule has 0 bridgehead atoms. The number of sulfone groups is 1. The molecule has 25 heavy (non-hydrogen) atoms. The van der Waals surface area contributed by atoms with E-state index in [0.717, 1.165) is 4.31 Å². The van der Waals surface area contributed by atoms with Crippen LogP contribution in [0.25, 0.3) is 0 Å². The Kier molecular flexibility index (Phi) is 6.17. The van der Waals surface area contributed by atoms with Crippen LogP contribution < -0.4 is 5.32 Å². The maximum absolute atomic E-state index is 12.9. The Morgan fingerprint density at radius 2 is 1.96 bits per heavy atom. The number of carbonyl (C=O) groups is 1. The van der Waals surface area contributed by atoms with Crippen molar-refractivity contribution in [3.05, 3.63) is 35.6 Å². The van der Waals surface area contributed by atoms with E-state index in [1.807, 2.05) is 0 Å². The fourth-order valence-corrected chi connectivity index (χ4v) is 5.81. The van der Waals surface area contributed by atoms with Crippen molar-refractivity contribution >= 4 is 25.8 Å². The van der Waals surface area contributed by atoms with Gasteiger partial charge in [0.1, 0.15) is 5.82 Å². The standard InChI is InChI=1S/C15H21FN2O5S2/c1-2-18(9-15(19)17-14-7-8-24(20,21)11-14)25(22,23)10-12-3-5-13(16)6-4-12/h3-6,14H,2,7-11H2,1H3,(H,17,19)/t14-/m1/s1. The summed E-state index contributed by atoms with van der Waals surface area (Å²) in [6.45, 7) is 1.33. The van der Waals surface area contributed by atoms with Crippen molar-refractivity contribution in [1.82, 2.24) is 9.62 Å². The van der Waals surface area contributed by atoms with Gasteiger partial charge in [-0.05, 0) is 24.1 Å². The van der Waals surface area contributed by atoms with Gasteiger partial charge in [-0.3, -0.25) is 4.79 Å². The lowest BCUT2D eigenvalue weighted by Crippen LogP contribution is -2.44. The van der Waals surface area contributed by atoms with E-state index < -0.39 is 37.6 Å². The number of halogens is 1. The molecule has 1 saturated heterocycles. The first-order chi connectivity index (χ1) is 11.6. The van der Waals surface area contributed by atoms with E-state index in [4.69, 9.17) is 0 Å². The predicted molar refractivity (Wildman–Crippen MR) is 91.5 cm³/mol. The molecule has 1 fully saturated rings. The number of rotatable bonds is 7. The highest BCUT2D eigenvalue weighted by Crippen LogP contribution is 2.13. The van der Waals surface area contributed by atoms with Crippen LogP contribution in [0, 0.1) is 5.82 Å². The minimum absolute atomic E-state index is 0.0261. The highest BCUT2D eigenvalue weighted by Gasteiger charge is 2.30. The summed E-state index contributed by atoms with van der Waals surface area (Å²) in [5.74, 6) is -1.43. The molecule has 0 aromatic heterocycles. The summed E-state index contributed by atoms with van der Waals surface area (Å²) in [5.41, 5.74) is 0.419. The number of benzene rings is 1. The molecule has 0 spiro atoms. The van der Waals surface area contributed by atoms with Crippen molar-refractivity contribution in [3.63, 3.8) is 0 Å². The van der Waals surface area contributed by atoms with E-state index in [9.17, 15) is 26.0 Å². The van der Waals surface area contributed by atoms with Gasteiger partial charge in [-0.15, -0.1) is 0 Å². The summed E-state index contributed by atoms with van der Waals surface area (Å²) in [6, 6.07) is 4.63. The second-order valence-corrected chi connectivity index (χ2v) is 10.2. The molecule has 1 amide bonds. The quantitative estimate of drug-likeness (QED) is 0.718. The van der Waals surface area contributed by atoms with Crippen molar-refractivity contribution in [2.75, 3.05) is 24.6 Å². The maximum atomic E-state index is 12.9.